The smallest absolute Gasteiger partial charge is 0.325 e. The first-order valence-electron chi connectivity index (χ1n) is 8.04. The number of nitrogens with zero attached hydrogens (tertiary/aromatic N) is 1. The molecule has 0 aliphatic carbocycles. The Morgan fingerprint density at radius 3 is 2.88 bits per heavy atom. The molecule has 0 aromatic heterocycles. The van der Waals surface area contributed by atoms with Crippen LogP contribution in [-0.2, 0) is 24.3 Å². The Kier molecular flexibility index (Phi) is 7.36. The second-order valence-corrected chi connectivity index (χ2v) is 8.62. The molecule has 1 aliphatic rings. The highest BCUT2D eigenvalue weighted by molar-refractivity contribution is 8.00. The van der Waals surface area contributed by atoms with Crippen molar-refractivity contribution in [3.05, 3.63) is 41.7 Å². The number of ether oxygens (including phenoxy) is 1. The molecule has 0 spiro atoms. The second kappa shape index (κ2) is 9.29. The lowest BCUT2D eigenvalue weighted by Gasteiger charge is -2.21. The highest BCUT2D eigenvalue weighted by atomic mass is 32.2. The van der Waals surface area contributed by atoms with Crippen molar-refractivity contribution in [3.63, 3.8) is 0 Å². The lowest BCUT2D eigenvalue weighted by molar-refractivity contribution is -0.146. The maximum absolute atomic E-state index is 13.1. The van der Waals surface area contributed by atoms with Gasteiger partial charge in [0.15, 0.2) is 5.78 Å². The van der Waals surface area contributed by atoms with E-state index in [2.05, 4.69) is 0 Å². The first-order valence-corrected chi connectivity index (χ1v) is 10.8. The van der Waals surface area contributed by atoms with E-state index in [9.17, 15) is 22.4 Å². The van der Waals surface area contributed by atoms with Gasteiger partial charge < -0.3 is 4.74 Å². The fourth-order valence-corrected chi connectivity index (χ4v) is 5.56. The third-order valence-corrected chi connectivity index (χ3v) is 6.67. The number of thioether (sulfide) groups is 1. The maximum atomic E-state index is 13.1. The molecule has 0 radical (unpaired) electrons. The van der Waals surface area contributed by atoms with Gasteiger partial charge in [0.2, 0.25) is 10.0 Å². The molecule has 2 rings (SSSR count). The van der Waals surface area contributed by atoms with E-state index in [-0.39, 0.29) is 18.9 Å². The highest BCUT2D eigenvalue weighted by Crippen LogP contribution is 2.25. The molecule has 6 nitrogen and oxygen atoms in total. The Morgan fingerprint density at radius 2 is 2.19 bits per heavy atom. The molecular formula is C17H20FNO5S2. The fraction of sp³-hybridized carbons (Fsp3) is 0.412. The lowest BCUT2D eigenvalue weighted by atomic mass is 10.2. The standard InChI is InChI=1S/C17H20FNO5S2/c1-2-24-17(21)16-11-25-12-19(16)26(22,23)9-8-15(20)7-6-13-4-3-5-14(18)10-13/h3-7,10,16H,2,8-9,11-12H2,1H3. The molecule has 9 heteroatoms. The van der Waals surface area contributed by atoms with Crippen molar-refractivity contribution in [2.24, 2.45) is 0 Å². The van der Waals surface area contributed by atoms with E-state index in [0.717, 1.165) is 4.31 Å². The molecule has 1 aromatic carbocycles. The second-order valence-electron chi connectivity index (χ2n) is 5.58. The number of hydrogen-bond donors (Lipinski definition) is 0. The van der Waals surface area contributed by atoms with Crippen LogP contribution in [-0.4, -0.2) is 54.5 Å². The van der Waals surface area contributed by atoms with E-state index in [0.29, 0.717) is 11.3 Å². The predicted molar refractivity (Wildman–Crippen MR) is 98.4 cm³/mol. The van der Waals surface area contributed by atoms with Gasteiger partial charge >= 0.3 is 5.97 Å². The molecule has 26 heavy (non-hydrogen) atoms. The van der Waals surface area contributed by atoms with E-state index >= 15 is 0 Å². The van der Waals surface area contributed by atoms with Crippen molar-refractivity contribution in [2.45, 2.75) is 19.4 Å². The summed E-state index contributed by atoms with van der Waals surface area (Å²) in [5.74, 6) is -1.27. The summed E-state index contributed by atoms with van der Waals surface area (Å²) < 4.78 is 44.0. The Hall–Kier alpha value is -1.71. The first-order chi connectivity index (χ1) is 12.3. The number of carbonyl (C=O) groups is 2. The molecule has 1 fully saturated rings. The Bertz CT molecular complexity index is 794. The number of rotatable bonds is 8. The zero-order valence-corrected chi connectivity index (χ0v) is 15.9. The van der Waals surface area contributed by atoms with Crippen LogP contribution in [0.15, 0.2) is 30.3 Å². The normalized spacial score (nSPS) is 18.3. The number of esters is 1. The van der Waals surface area contributed by atoms with Crippen molar-refractivity contribution in [3.8, 4) is 0 Å². The van der Waals surface area contributed by atoms with Gasteiger partial charge in [-0.1, -0.05) is 18.2 Å². The van der Waals surface area contributed by atoms with E-state index in [4.69, 9.17) is 4.74 Å². The van der Waals surface area contributed by atoms with Crippen LogP contribution in [0.25, 0.3) is 6.08 Å². The molecule has 0 bridgehead atoms. The number of carbonyl (C=O) groups excluding carboxylic acids is 2. The highest BCUT2D eigenvalue weighted by Gasteiger charge is 2.39. The molecule has 1 atom stereocenters. The van der Waals surface area contributed by atoms with Gasteiger partial charge in [0, 0.05) is 12.2 Å². The SMILES string of the molecule is CCOC(=O)C1CSCN1S(=O)(=O)CCC(=O)C=Cc1cccc(F)c1. The third-order valence-electron chi connectivity index (χ3n) is 3.67. The number of benzene rings is 1. The topological polar surface area (TPSA) is 80.8 Å². The Morgan fingerprint density at radius 1 is 1.42 bits per heavy atom. The molecule has 0 amide bonds. The largest absolute Gasteiger partial charge is 0.465 e. The average Bonchev–Trinajstić information content (AvgIpc) is 3.09. The summed E-state index contributed by atoms with van der Waals surface area (Å²) >= 11 is 1.33. The summed E-state index contributed by atoms with van der Waals surface area (Å²) in [6.07, 6.45) is 2.45. The Labute approximate surface area is 156 Å². The van der Waals surface area contributed by atoms with Crippen LogP contribution in [0.2, 0.25) is 0 Å². The van der Waals surface area contributed by atoms with Gasteiger partial charge in [0.05, 0.1) is 18.2 Å². The van der Waals surface area contributed by atoms with Crippen molar-refractivity contribution < 1.29 is 27.1 Å². The number of hydrogen-bond acceptors (Lipinski definition) is 6. The van der Waals surface area contributed by atoms with Crippen LogP contribution < -0.4 is 0 Å². The van der Waals surface area contributed by atoms with Crippen LogP contribution in [0.3, 0.4) is 0 Å². The van der Waals surface area contributed by atoms with E-state index in [1.165, 1.54) is 42.1 Å². The summed E-state index contributed by atoms with van der Waals surface area (Å²) in [7, 11) is -3.76. The van der Waals surface area contributed by atoms with Crippen LogP contribution in [0.4, 0.5) is 4.39 Å². The summed E-state index contributed by atoms with van der Waals surface area (Å²) in [5.41, 5.74) is 0.513. The van der Waals surface area contributed by atoms with Gasteiger partial charge in [0.1, 0.15) is 11.9 Å². The van der Waals surface area contributed by atoms with Gasteiger partial charge in [-0.05, 0) is 30.7 Å². The quantitative estimate of drug-likeness (QED) is 0.490. The number of allylic oxidation sites excluding steroid dienone is 1. The zero-order chi connectivity index (χ0) is 19.2. The van der Waals surface area contributed by atoms with E-state index in [1.807, 2.05) is 0 Å². The third kappa shape index (κ3) is 5.65. The summed E-state index contributed by atoms with van der Waals surface area (Å²) in [6, 6.07) is 4.87. The fourth-order valence-electron chi connectivity index (χ4n) is 2.36. The average molecular weight is 401 g/mol. The lowest BCUT2D eigenvalue weighted by Crippen LogP contribution is -2.43. The van der Waals surface area contributed by atoms with Crippen LogP contribution >= 0.6 is 11.8 Å². The molecule has 1 heterocycles. The van der Waals surface area contributed by atoms with Crippen molar-refractivity contribution in [2.75, 3.05) is 24.0 Å². The molecule has 0 N–H and O–H groups in total. The minimum absolute atomic E-state index is 0.166. The molecule has 0 saturated carbocycles. The van der Waals surface area contributed by atoms with Crippen molar-refractivity contribution in [1.29, 1.82) is 0 Å². The Balaban J connectivity index is 1.94. The van der Waals surface area contributed by atoms with Gasteiger partial charge in [0.25, 0.3) is 0 Å². The molecular weight excluding hydrogens is 381 g/mol. The van der Waals surface area contributed by atoms with Crippen LogP contribution in [0, 0.1) is 5.82 Å². The van der Waals surface area contributed by atoms with Crippen molar-refractivity contribution >= 4 is 39.6 Å². The number of sulfonamides is 1. The van der Waals surface area contributed by atoms with Crippen molar-refractivity contribution in [1.82, 2.24) is 4.31 Å². The minimum atomic E-state index is -3.76. The zero-order valence-electron chi connectivity index (χ0n) is 14.3. The molecule has 1 aromatic rings. The van der Waals surface area contributed by atoms with Gasteiger partial charge in [-0.15, -0.1) is 11.8 Å². The van der Waals surface area contributed by atoms with E-state index in [1.54, 1.807) is 13.0 Å². The van der Waals surface area contributed by atoms with Crippen LogP contribution in [0.5, 0.6) is 0 Å². The molecule has 142 valence electrons. The molecule has 1 saturated heterocycles. The summed E-state index contributed by atoms with van der Waals surface area (Å²) in [6.45, 7) is 1.83. The van der Waals surface area contributed by atoms with Gasteiger partial charge in [-0.2, -0.15) is 4.31 Å². The first kappa shape index (κ1) is 20.6. The number of halogens is 1. The van der Waals surface area contributed by atoms with E-state index < -0.39 is 39.4 Å². The minimum Gasteiger partial charge on any atom is -0.465 e. The molecule has 1 unspecified atom stereocenters. The molecule has 1 aliphatic heterocycles. The summed E-state index contributed by atoms with van der Waals surface area (Å²) in [4.78, 5) is 23.8. The predicted octanol–water partition coefficient (Wildman–Crippen LogP) is 2.07. The number of ketones is 1. The van der Waals surface area contributed by atoms with Gasteiger partial charge in [-0.3, -0.25) is 9.59 Å². The monoisotopic (exact) mass is 401 g/mol. The van der Waals surface area contributed by atoms with Crippen LogP contribution in [0.1, 0.15) is 18.9 Å². The maximum Gasteiger partial charge on any atom is 0.325 e. The summed E-state index contributed by atoms with van der Waals surface area (Å²) in [5, 5.41) is 0. The van der Waals surface area contributed by atoms with Gasteiger partial charge in [-0.25, -0.2) is 12.8 Å².